The predicted octanol–water partition coefficient (Wildman–Crippen LogP) is 1.14. The third-order valence-corrected chi connectivity index (χ3v) is 3.25. The second-order valence-electron chi connectivity index (χ2n) is 4.74. The van der Waals surface area contributed by atoms with Crippen molar-refractivity contribution in [1.29, 1.82) is 0 Å². The topological polar surface area (TPSA) is 94.4 Å². The number of benzene rings is 1. The van der Waals surface area contributed by atoms with Crippen LogP contribution in [0.2, 0.25) is 0 Å². The van der Waals surface area contributed by atoms with E-state index in [0.29, 0.717) is 4.73 Å². The Bertz CT molecular complexity index is 926. The Hall–Kier alpha value is -2.73. The summed E-state index contributed by atoms with van der Waals surface area (Å²) in [6.45, 7) is 1.36. The average molecular weight is 285 g/mol. The highest BCUT2D eigenvalue weighted by atomic mass is 16.5. The first kappa shape index (κ1) is 13.3. The summed E-state index contributed by atoms with van der Waals surface area (Å²) in [5.41, 5.74) is -0.0400. The molecule has 3 rings (SSSR count). The maximum absolute atomic E-state index is 12.4. The molecule has 21 heavy (non-hydrogen) atoms. The van der Waals surface area contributed by atoms with Gasteiger partial charge in [-0.25, -0.2) is 0 Å². The van der Waals surface area contributed by atoms with Crippen LogP contribution < -0.4 is 10.2 Å². The number of ketones is 1. The van der Waals surface area contributed by atoms with Gasteiger partial charge in [-0.2, -0.15) is 0 Å². The van der Waals surface area contributed by atoms with Crippen molar-refractivity contribution in [2.24, 2.45) is 0 Å². The van der Waals surface area contributed by atoms with Gasteiger partial charge in [-0.15, -0.1) is 4.73 Å². The van der Waals surface area contributed by atoms with Crippen molar-refractivity contribution in [3.63, 3.8) is 0 Å². The van der Waals surface area contributed by atoms with E-state index in [0.717, 1.165) is 0 Å². The van der Waals surface area contributed by atoms with E-state index in [9.17, 15) is 19.9 Å². The number of carbonyl (C=O) groups excluding carboxylic acids is 1. The Morgan fingerprint density at radius 3 is 2.81 bits per heavy atom. The Kier molecular flexibility index (Phi) is 2.95. The molecule has 6 heteroatoms. The van der Waals surface area contributed by atoms with Crippen molar-refractivity contribution in [3.05, 3.63) is 57.5 Å². The Morgan fingerprint density at radius 2 is 2.10 bits per heavy atom. The molecule has 0 aliphatic rings. The molecule has 3 aromatic rings. The van der Waals surface area contributed by atoms with E-state index in [2.05, 4.69) is 0 Å². The molecule has 0 spiro atoms. The fraction of sp³-hybridized carbons (Fsp3) is 0.133. The molecule has 2 aromatic heterocycles. The largest absolute Gasteiger partial charge is 0.616 e. The lowest BCUT2D eigenvalue weighted by Crippen LogP contribution is -2.27. The third-order valence-electron chi connectivity index (χ3n) is 3.25. The van der Waals surface area contributed by atoms with Gasteiger partial charge < -0.3 is 14.7 Å². The van der Waals surface area contributed by atoms with E-state index in [-0.39, 0.29) is 27.6 Å². The third kappa shape index (κ3) is 2.05. The SMILES string of the molecule is CC(O)C(=O)c1ccc2oc3c(ccc[n+]3[O-])c(=O)c2c1. The molecule has 2 heterocycles. The van der Waals surface area contributed by atoms with Gasteiger partial charge in [-0.05, 0) is 31.2 Å². The van der Waals surface area contributed by atoms with Crippen molar-refractivity contribution in [3.8, 4) is 0 Å². The second kappa shape index (κ2) is 4.68. The zero-order chi connectivity index (χ0) is 15.1. The number of rotatable bonds is 2. The molecule has 1 N–H and O–H groups in total. The van der Waals surface area contributed by atoms with Crippen LogP contribution in [0.4, 0.5) is 0 Å². The van der Waals surface area contributed by atoms with Crippen LogP contribution in [0.25, 0.3) is 22.1 Å². The summed E-state index contributed by atoms with van der Waals surface area (Å²) in [5, 5.41) is 21.3. The Labute approximate surface area is 118 Å². The van der Waals surface area contributed by atoms with Gasteiger partial charge in [0.15, 0.2) is 12.0 Å². The number of fused-ring (bicyclic) bond motifs is 2. The van der Waals surface area contributed by atoms with Gasteiger partial charge in [0, 0.05) is 11.6 Å². The summed E-state index contributed by atoms with van der Waals surface area (Å²) in [6.07, 6.45) is 0.0846. The summed E-state index contributed by atoms with van der Waals surface area (Å²) in [5.74, 6) is -0.483. The number of hydrogen-bond acceptors (Lipinski definition) is 5. The summed E-state index contributed by atoms with van der Waals surface area (Å²) in [7, 11) is 0. The van der Waals surface area contributed by atoms with Crippen LogP contribution in [0, 0.1) is 5.21 Å². The smallest absolute Gasteiger partial charge is 0.396 e. The number of carbonyl (C=O) groups is 1. The van der Waals surface area contributed by atoms with Crippen LogP contribution in [0.5, 0.6) is 0 Å². The molecule has 1 unspecified atom stereocenters. The quantitative estimate of drug-likeness (QED) is 0.330. The highest BCUT2D eigenvalue weighted by Gasteiger charge is 2.17. The summed E-state index contributed by atoms with van der Waals surface area (Å²) in [6, 6.07) is 7.20. The summed E-state index contributed by atoms with van der Waals surface area (Å²) < 4.78 is 5.91. The number of Topliss-reactive ketones (excluding diaryl/α,β-unsaturated/α-hetero) is 1. The molecular formula is C15H11NO5. The molecule has 6 nitrogen and oxygen atoms in total. The van der Waals surface area contributed by atoms with Gasteiger partial charge in [-0.1, -0.05) is 0 Å². The summed E-state index contributed by atoms with van der Waals surface area (Å²) >= 11 is 0. The van der Waals surface area contributed by atoms with Gasteiger partial charge in [0.05, 0.1) is 5.39 Å². The number of aromatic nitrogens is 1. The molecule has 0 aliphatic carbocycles. The molecule has 0 fully saturated rings. The van der Waals surface area contributed by atoms with Crippen molar-refractivity contribution in [2.75, 3.05) is 0 Å². The highest BCUT2D eigenvalue weighted by Crippen LogP contribution is 2.18. The molecule has 0 amide bonds. The van der Waals surface area contributed by atoms with Crippen LogP contribution in [-0.2, 0) is 0 Å². The van der Waals surface area contributed by atoms with Gasteiger partial charge in [0.2, 0.25) is 5.43 Å². The number of hydrogen-bond donors (Lipinski definition) is 1. The minimum Gasteiger partial charge on any atom is -0.616 e. The van der Waals surface area contributed by atoms with Gasteiger partial charge in [-0.3, -0.25) is 9.59 Å². The Balaban J connectivity index is 2.37. The lowest BCUT2D eigenvalue weighted by Gasteiger charge is -2.05. The fourth-order valence-corrected chi connectivity index (χ4v) is 2.19. The molecular weight excluding hydrogens is 274 g/mol. The maximum atomic E-state index is 12.4. The van der Waals surface area contributed by atoms with Gasteiger partial charge in [0.25, 0.3) is 0 Å². The number of nitrogens with zero attached hydrogens (tertiary/aromatic N) is 1. The number of pyridine rings is 1. The van der Waals surface area contributed by atoms with Crippen molar-refractivity contribution < 1.29 is 19.0 Å². The minimum absolute atomic E-state index is 0.0791. The monoisotopic (exact) mass is 285 g/mol. The zero-order valence-electron chi connectivity index (χ0n) is 11.1. The van der Waals surface area contributed by atoms with Crippen molar-refractivity contribution >= 4 is 27.9 Å². The predicted molar refractivity (Wildman–Crippen MR) is 75.0 cm³/mol. The molecule has 0 saturated heterocycles. The molecule has 1 aromatic carbocycles. The van der Waals surface area contributed by atoms with Crippen molar-refractivity contribution in [2.45, 2.75) is 13.0 Å². The zero-order valence-corrected chi connectivity index (χ0v) is 11.1. The lowest BCUT2D eigenvalue weighted by molar-refractivity contribution is -0.584. The van der Waals surface area contributed by atoms with E-state index in [1.807, 2.05) is 0 Å². The first-order chi connectivity index (χ1) is 9.99. The molecule has 1 atom stereocenters. The summed E-state index contributed by atoms with van der Waals surface area (Å²) in [4.78, 5) is 24.2. The second-order valence-corrected chi connectivity index (χ2v) is 4.74. The normalized spacial score (nSPS) is 12.7. The fourth-order valence-electron chi connectivity index (χ4n) is 2.19. The minimum atomic E-state index is -1.15. The van der Waals surface area contributed by atoms with Crippen LogP contribution in [0.3, 0.4) is 0 Å². The molecule has 0 bridgehead atoms. The maximum Gasteiger partial charge on any atom is 0.396 e. The van der Waals surface area contributed by atoms with Crippen LogP contribution in [0.15, 0.2) is 45.7 Å². The van der Waals surface area contributed by atoms with Gasteiger partial charge in [0.1, 0.15) is 17.1 Å². The van der Waals surface area contributed by atoms with E-state index in [1.165, 1.54) is 43.5 Å². The Morgan fingerprint density at radius 1 is 1.33 bits per heavy atom. The lowest BCUT2D eigenvalue weighted by atomic mass is 10.0. The van der Waals surface area contributed by atoms with Crippen LogP contribution >= 0.6 is 0 Å². The standard InChI is InChI=1S/C15H11NO5/c1-8(17)13(18)9-4-5-12-11(7-9)14(19)10-3-2-6-16(20)15(10)21-12/h2-8,17H,1H3. The number of aliphatic hydroxyl groups is 1. The van der Waals surface area contributed by atoms with E-state index in [1.54, 1.807) is 0 Å². The van der Waals surface area contributed by atoms with E-state index in [4.69, 9.17) is 4.42 Å². The molecule has 0 aliphatic heterocycles. The van der Waals surface area contributed by atoms with Crippen LogP contribution in [-0.4, -0.2) is 17.0 Å². The van der Waals surface area contributed by atoms with Gasteiger partial charge >= 0.3 is 5.71 Å². The highest BCUT2D eigenvalue weighted by molar-refractivity contribution is 6.02. The molecule has 106 valence electrons. The molecule has 0 radical (unpaired) electrons. The van der Waals surface area contributed by atoms with E-state index < -0.39 is 17.3 Å². The molecule has 0 saturated carbocycles. The van der Waals surface area contributed by atoms with Crippen LogP contribution in [0.1, 0.15) is 17.3 Å². The average Bonchev–Trinajstić information content (AvgIpc) is 2.47. The number of aliphatic hydroxyl groups excluding tert-OH is 1. The van der Waals surface area contributed by atoms with Crippen molar-refractivity contribution in [1.82, 2.24) is 0 Å². The first-order valence-electron chi connectivity index (χ1n) is 6.30. The van der Waals surface area contributed by atoms with E-state index >= 15 is 0 Å². The first-order valence-corrected chi connectivity index (χ1v) is 6.30.